The quantitative estimate of drug-likeness (QED) is 0.894. The van der Waals surface area contributed by atoms with E-state index >= 15 is 0 Å². The van der Waals surface area contributed by atoms with Crippen LogP contribution in [0.3, 0.4) is 0 Å². The normalized spacial score (nSPS) is 30.2. The number of hydrogen-bond acceptors (Lipinski definition) is 6. The highest BCUT2D eigenvalue weighted by atomic mass is 32.1. The van der Waals surface area contributed by atoms with Crippen molar-refractivity contribution in [2.24, 2.45) is 0 Å². The molecule has 3 heterocycles. The second kappa shape index (κ2) is 6.95. The van der Waals surface area contributed by atoms with Crippen LogP contribution in [0.1, 0.15) is 18.5 Å². The molecule has 0 amide bonds. The molecule has 3 rings (SSSR count). The number of aliphatic hydroxyl groups excluding tert-OH is 1. The van der Waals surface area contributed by atoms with E-state index in [2.05, 4.69) is 20.2 Å². The molecule has 20 heavy (non-hydrogen) atoms. The van der Waals surface area contributed by atoms with E-state index in [1.165, 1.54) is 0 Å². The first-order chi connectivity index (χ1) is 9.83. The van der Waals surface area contributed by atoms with Crippen LogP contribution in [0, 0.1) is 0 Å². The van der Waals surface area contributed by atoms with Gasteiger partial charge in [0.05, 0.1) is 30.5 Å². The summed E-state index contributed by atoms with van der Waals surface area (Å²) in [5.41, 5.74) is 3.03. The fourth-order valence-corrected chi connectivity index (χ4v) is 3.71. The highest BCUT2D eigenvalue weighted by molar-refractivity contribution is 7.07. The first-order valence-electron chi connectivity index (χ1n) is 7.42. The summed E-state index contributed by atoms with van der Waals surface area (Å²) in [6.07, 6.45) is 1.67. The maximum Gasteiger partial charge on any atom is 0.0795 e. The summed E-state index contributed by atoms with van der Waals surface area (Å²) in [5, 5.41) is 12.5. The Labute approximate surface area is 124 Å². The lowest BCUT2D eigenvalue weighted by Gasteiger charge is -2.36. The van der Waals surface area contributed by atoms with Gasteiger partial charge in [0.2, 0.25) is 0 Å². The molecular formula is C14H23N3O2S. The van der Waals surface area contributed by atoms with Crippen LogP contribution in [0.4, 0.5) is 0 Å². The maximum absolute atomic E-state index is 10.4. The summed E-state index contributed by atoms with van der Waals surface area (Å²) < 4.78 is 5.41. The smallest absolute Gasteiger partial charge is 0.0795 e. The number of thiazole rings is 1. The molecule has 2 fully saturated rings. The minimum absolute atomic E-state index is 0.214. The second-order valence-electron chi connectivity index (χ2n) is 5.62. The van der Waals surface area contributed by atoms with E-state index in [0.717, 1.165) is 64.5 Å². The third-order valence-electron chi connectivity index (χ3n) is 4.31. The van der Waals surface area contributed by atoms with Crippen molar-refractivity contribution in [2.45, 2.75) is 31.5 Å². The number of likely N-dealkylation sites (tertiary alicyclic amines) is 1. The number of rotatable bonds is 3. The molecule has 112 valence electrons. The molecule has 0 radical (unpaired) electrons. The van der Waals surface area contributed by atoms with Gasteiger partial charge in [-0.2, -0.15) is 0 Å². The SMILES string of the molecule is O[C@H]1CCN(Cc2cscn2)CC[C@@H]1N1CCOCC1. The van der Waals surface area contributed by atoms with Crippen molar-refractivity contribution in [2.75, 3.05) is 39.4 Å². The van der Waals surface area contributed by atoms with E-state index in [4.69, 9.17) is 4.74 Å². The lowest BCUT2D eigenvalue weighted by molar-refractivity contribution is -0.0222. The van der Waals surface area contributed by atoms with E-state index in [1.807, 2.05) is 5.51 Å². The topological polar surface area (TPSA) is 48.8 Å². The molecule has 2 aliphatic rings. The maximum atomic E-state index is 10.4. The van der Waals surface area contributed by atoms with Crippen LogP contribution in [0.5, 0.6) is 0 Å². The molecule has 2 saturated heterocycles. The molecule has 0 spiro atoms. The Balaban J connectivity index is 1.56. The average Bonchev–Trinajstić information content (AvgIpc) is 2.91. The summed E-state index contributed by atoms with van der Waals surface area (Å²) in [5.74, 6) is 0. The minimum atomic E-state index is -0.214. The monoisotopic (exact) mass is 297 g/mol. The van der Waals surface area contributed by atoms with Crippen molar-refractivity contribution in [3.63, 3.8) is 0 Å². The summed E-state index contributed by atoms with van der Waals surface area (Å²) in [6, 6.07) is 0.291. The molecule has 1 N–H and O–H groups in total. The fraction of sp³-hybridized carbons (Fsp3) is 0.786. The van der Waals surface area contributed by atoms with Crippen molar-refractivity contribution >= 4 is 11.3 Å². The minimum Gasteiger partial charge on any atom is -0.391 e. The van der Waals surface area contributed by atoms with Gasteiger partial charge in [0.25, 0.3) is 0 Å². The first kappa shape index (κ1) is 14.4. The van der Waals surface area contributed by atoms with E-state index in [0.29, 0.717) is 6.04 Å². The van der Waals surface area contributed by atoms with Crippen molar-refractivity contribution < 1.29 is 9.84 Å². The van der Waals surface area contributed by atoms with E-state index in [-0.39, 0.29) is 6.10 Å². The second-order valence-corrected chi connectivity index (χ2v) is 6.34. The molecule has 5 nitrogen and oxygen atoms in total. The van der Waals surface area contributed by atoms with Gasteiger partial charge >= 0.3 is 0 Å². The third-order valence-corrected chi connectivity index (χ3v) is 4.95. The lowest BCUT2D eigenvalue weighted by Crippen LogP contribution is -2.49. The van der Waals surface area contributed by atoms with Crippen LogP contribution in [0.15, 0.2) is 10.9 Å². The predicted octanol–water partition coefficient (Wildman–Crippen LogP) is 0.801. The number of aromatic nitrogens is 1. The Morgan fingerprint density at radius 1 is 1.25 bits per heavy atom. The summed E-state index contributed by atoms with van der Waals surface area (Å²) in [4.78, 5) is 9.17. The largest absolute Gasteiger partial charge is 0.391 e. The molecule has 0 aromatic carbocycles. The molecule has 0 aliphatic carbocycles. The van der Waals surface area contributed by atoms with Crippen LogP contribution in [-0.4, -0.2) is 71.4 Å². The zero-order valence-electron chi connectivity index (χ0n) is 11.8. The van der Waals surface area contributed by atoms with Gasteiger partial charge in [-0.1, -0.05) is 0 Å². The van der Waals surface area contributed by atoms with Gasteiger partial charge < -0.3 is 9.84 Å². The summed E-state index contributed by atoms with van der Waals surface area (Å²) >= 11 is 1.65. The Bertz CT molecular complexity index is 395. The van der Waals surface area contributed by atoms with Gasteiger partial charge in [0.15, 0.2) is 0 Å². The summed E-state index contributed by atoms with van der Waals surface area (Å²) in [7, 11) is 0. The average molecular weight is 297 g/mol. The molecule has 6 heteroatoms. The Morgan fingerprint density at radius 3 is 2.80 bits per heavy atom. The Morgan fingerprint density at radius 2 is 2.05 bits per heavy atom. The standard InChI is InChI=1S/C14H23N3O2S/c18-14-2-4-16(9-12-10-20-11-15-12)3-1-13(14)17-5-7-19-8-6-17/h10-11,13-14,18H,1-9H2/t13-,14-/m0/s1. The molecule has 2 atom stereocenters. The van der Waals surface area contributed by atoms with Crippen molar-refractivity contribution in [1.82, 2.24) is 14.8 Å². The zero-order chi connectivity index (χ0) is 13.8. The zero-order valence-corrected chi connectivity index (χ0v) is 12.6. The third kappa shape index (κ3) is 3.56. The van der Waals surface area contributed by atoms with Crippen LogP contribution < -0.4 is 0 Å². The number of ether oxygens (including phenoxy) is 1. The molecular weight excluding hydrogens is 274 g/mol. The van der Waals surface area contributed by atoms with Gasteiger partial charge in [-0.05, 0) is 12.8 Å². The van der Waals surface area contributed by atoms with E-state index in [9.17, 15) is 5.11 Å². The molecule has 0 unspecified atom stereocenters. The number of morpholine rings is 1. The first-order valence-corrected chi connectivity index (χ1v) is 8.36. The van der Waals surface area contributed by atoms with Crippen molar-refractivity contribution in [3.05, 3.63) is 16.6 Å². The van der Waals surface area contributed by atoms with Crippen LogP contribution in [0.2, 0.25) is 0 Å². The highest BCUT2D eigenvalue weighted by Gasteiger charge is 2.30. The van der Waals surface area contributed by atoms with E-state index < -0.39 is 0 Å². The number of aliphatic hydroxyl groups is 1. The fourth-order valence-electron chi connectivity index (χ4n) is 3.16. The van der Waals surface area contributed by atoms with Crippen LogP contribution in [-0.2, 0) is 11.3 Å². The Kier molecular flexibility index (Phi) is 5.01. The van der Waals surface area contributed by atoms with Gasteiger partial charge in [-0.25, -0.2) is 4.98 Å². The van der Waals surface area contributed by atoms with Crippen molar-refractivity contribution in [3.8, 4) is 0 Å². The number of nitrogens with zero attached hydrogens (tertiary/aromatic N) is 3. The van der Waals surface area contributed by atoms with Crippen LogP contribution in [0.25, 0.3) is 0 Å². The molecule has 0 saturated carbocycles. The van der Waals surface area contributed by atoms with Gasteiger partial charge in [0.1, 0.15) is 0 Å². The molecule has 0 bridgehead atoms. The Hall–Kier alpha value is -0.530. The van der Waals surface area contributed by atoms with Crippen LogP contribution >= 0.6 is 11.3 Å². The lowest BCUT2D eigenvalue weighted by atomic mass is 10.0. The van der Waals surface area contributed by atoms with E-state index in [1.54, 1.807) is 11.3 Å². The summed E-state index contributed by atoms with van der Waals surface area (Å²) in [6.45, 7) is 6.40. The van der Waals surface area contributed by atoms with Gasteiger partial charge in [-0.15, -0.1) is 11.3 Å². The number of hydrogen-bond donors (Lipinski definition) is 1. The molecule has 1 aromatic heterocycles. The van der Waals surface area contributed by atoms with Crippen molar-refractivity contribution in [1.29, 1.82) is 0 Å². The van der Waals surface area contributed by atoms with Gasteiger partial charge in [-0.3, -0.25) is 9.80 Å². The predicted molar refractivity (Wildman–Crippen MR) is 78.8 cm³/mol. The molecule has 2 aliphatic heterocycles. The highest BCUT2D eigenvalue weighted by Crippen LogP contribution is 2.20. The molecule has 1 aromatic rings. The van der Waals surface area contributed by atoms with Gasteiger partial charge in [0, 0.05) is 44.1 Å².